The molecule has 0 bridgehead atoms. The number of hydrogen-bond acceptors (Lipinski definition) is 4. The largest absolute Gasteiger partial charge is 0.339 e. The van der Waals surface area contributed by atoms with Crippen LogP contribution in [0.2, 0.25) is 0 Å². The Morgan fingerprint density at radius 2 is 2.10 bits per heavy atom. The van der Waals surface area contributed by atoms with E-state index in [1.165, 1.54) is 0 Å². The minimum atomic E-state index is -3.16. The summed E-state index contributed by atoms with van der Waals surface area (Å²) in [5.74, 6) is 0.184. The Hall–Kier alpha value is -0.660. The van der Waals surface area contributed by atoms with Gasteiger partial charge in [-0.2, -0.15) is 0 Å². The van der Waals surface area contributed by atoms with E-state index in [0.717, 1.165) is 44.9 Å². The smallest absolute Gasteiger partial charge is 0.230 e. The van der Waals surface area contributed by atoms with Crippen molar-refractivity contribution < 1.29 is 13.2 Å². The zero-order valence-electron chi connectivity index (χ0n) is 12.1. The van der Waals surface area contributed by atoms with E-state index >= 15 is 0 Å². The lowest BCUT2D eigenvalue weighted by Crippen LogP contribution is -2.49. The highest BCUT2D eigenvalue weighted by atomic mass is 32.2. The van der Waals surface area contributed by atoms with Crippen molar-refractivity contribution in [2.45, 2.75) is 44.6 Å². The fourth-order valence-corrected chi connectivity index (χ4v) is 3.43. The standard InChI is InChI=1S/C13H25N3O3S/c1-20(18,19)15-8-5-11-4-2-3-9-16(11)12(17)13(10-14)6-7-13/h11,15H,2-10,14H2,1H3. The summed E-state index contributed by atoms with van der Waals surface area (Å²) < 4.78 is 24.7. The highest BCUT2D eigenvalue weighted by Crippen LogP contribution is 2.47. The van der Waals surface area contributed by atoms with Crippen molar-refractivity contribution in [1.29, 1.82) is 0 Å². The first-order chi connectivity index (χ1) is 9.38. The summed E-state index contributed by atoms with van der Waals surface area (Å²) >= 11 is 0. The second-order valence-corrected chi connectivity index (χ2v) is 7.92. The summed E-state index contributed by atoms with van der Waals surface area (Å²) in [6, 6.07) is 0.148. The zero-order chi connectivity index (χ0) is 14.8. The highest BCUT2D eigenvalue weighted by molar-refractivity contribution is 7.88. The first-order valence-electron chi connectivity index (χ1n) is 7.34. The lowest BCUT2D eigenvalue weighted by atomic mass is 9.96. The molecule has 1 atom stereocenters. The quantitative estimate of drug-likeness (QED) is 0.725. The van der Waals surface area contributed by atoms with Crippen LogP contribution < -0.4 is 10.5 Å². The second kappa shape index (κ2) is 5.99. The molecule has 0 aromatic heterocycles. The second-order valence-electron chi connectivity index (χ2n) is 6.09. The first-order valence-corrected chi connectivity index (χ1v) is 9.23. The number of amides is 1. The van der Waals surface area contributed by atoms with E-state index in [9.17, 15) is 13.2 Å². The summed E-state index contributed by atoms with van der Waals surface area (Å²) in [5, 5.41) is 0. The minimum Gasteiger partial charge on any atom is -0.339 e. The molecule has 1 unspecified atom stereocenters. The van der Waals surface area contributed by atoms with Crippen molar-refractivity contribution in [1.82, 2.24) is 9.62 Å². The summed E-state index contributed by atoms with van der Waals surface area (Å²) in [4.78, 5) is 14.5. The lowest BCUT2D eigenvalue weighted by molar-refractivity contribution is -0.140. The van der Waals surface area contributed by atoms with Crippen molar-refractivity contribution in [3.05, 3.63) is 0 Å². The van der Waals surface area contributed by atoms with Crippen LogP contribution in [0.3, 0.4) is 0 Å². The molecule has 0 aromatic rings. The Morgan fingerprint density at radius 3 is 2.65 bits per heavy atom. The number of piperidine rings is 1. The molecule has 1 amide bonds. The number of hydrogen-bond donors (Lipinski definition) is 2. The van der Waals surface area contributed by atoms with Gasteiger partial charge in [-0.1, -0.05) is 0 Å². The third-order valence-corrected chi connectivity index (χ3v) is 5.16. The van der Waals surface area contributed by atoms with Gasteiger partial charge in [0.15, 0.2) is 0 Å². The Bertz CT molecular complexity index is 459. The van der Waals surface area contributed by atoms with Gasteiger partial charge in [0.05, 0.1) is 11.7 Å². The molecule has 2 rings (SSSR count). The number of carbonyl (C=O) groups excluding carboxylic acids is 1. The molecule has 1 aliphatic heterocycles. The van der Waals surface area contributed by atoms with Gasteiger partial charge >= 0.3 is 0 Å². The molecule has 3 N–H and O–H groups in total. The molecule has 7 heteroatoms. The van der Waals surface area contributed by atoms with E-state index in [4.69, 9.17) is 5.73 Å². The van der Waals surface area contributed by atoms with Crippen LogP contribution in [0, 0.1) is 5.41 Å². The van der Waals surface area contributed by atoms with Crippen LogP contribution in [0.4, 0.5) is 0 Å². The maximum absolute atomic E-state index is 12.6. The molecular weight excluding hydrogens is 278 g/mol. The van der Waals surface area contributed by atoms with Gasteiger partial charge in [0, 0.05) is 25.7 Å². The molecule has 1 saturated carbocycles. The number of nitrogens with zero attached hydrogens (tertiary/aromatic N) is 1. The molecule has 20 heavy (non-hydrogen) atoms. The van der Waals surface area contributed by atoms with Crippen molar-refractivity contribution in [2.75, 3.05) is 25.9 Å². The zero-order valence-corrected chi connectivity index (χ0v) is 12.9. The number of carbonyl (C=O) groups is 1. The van der Waals surface area contributed by atoms with E-state index in [2.05, 4.69) is 4.72 Å². The van der Waals surface area contributed by atoms with E-state index < -0.39 is 10.0 Å². The van der Waals surface area contributed by atoms with E-state index in [0.29, 0.717) is 19.5 Å². The fraction of sp³-hybridized carbons (Fsp3) is 0.923. The molecule has 0 spiro atoms. The third kappa shape index (κ3) is 3.71. The van der Waals surface area contributed by atoms with Crippen molar-refractivity contribution >= 4 is 15.9 Å². The van der Waals surface area contributed by atoms with Gasteiger partial charge in [0.25, 0.3) is 0 Å². The number of nitrogens with two attached hydrogens (primary N) is 1. The summed E-state index contributed by atoms with van der Waals surface area (Å²) in [6.07, 6.45) is 6.72. The minimum absolute atomic E-state index is 0.148. The summed E-state index contributed by atoms with van der Waals surface area (Å²) in [5.41, 5.74) is 5.43. The topological polar surface area (TPSA) is 92.5 Å². The highest BCUT2D eigenvalue weighted by Gasteiger charge is 2.51. The maximum atomic E-state index is 12.6. The molecule has 1 aliphatic carbocycles. The average molecular weight is 303 g/mol. The Balaban J connectivity index is 1.93. The molecule has 0 radical (unpaired) electrons. The Morgan fingerprint density at radius 1 is 1.40 bits per heavy atom. The Kier molecular flexibility index (Phi) is 4.71. The van der Waals surface area contributed by atoms with Crippen LogP contribution >= 0.6 is 0 Å². The third-order valence-electron chi connectivity index (χ3n) is 4.43. The van der Waals surface area contributed by atoms with Gasteiger partial charge in [0.1, 0.15) is 0 Å². The average Bonchev–Trinajstić information content (AvgIpc) is 3.18. The predicted octanol–water partition coefficient (Wildman–Crippen LogP) is 0.0457. The van der Waals surface area contributed by atoms with E-state index in [-0.39, 0.29) is 17.4 Å². The summed E-state index contributed by atoms with van der Waals surface area (Å²) in [7, 11) is -3.16. The van der Waals surface area contributed by atoms with Crippen molar-refractivity contribution in [2.24, 2.45) is 11.1 Å². The van der Waals surface area contributed by atoms with E-state index in [1.807, 2.05) is 4.90 Å². The first kappa shape index (κ1) is 15.7. The van der Waals surface area contributed by atoms with Crippen LogP contribution in [0.5, 0.6) is 0 Å². The van der Waals surface area contributed by atoms with Gasteiger partial charge in [-0.3, -0.25) is 4.79 Å². The molecule has 1 saturated heterocycles. The number of sulfonamides is 1. The maximum Gasteiger partial charge on any atom is 0.230 e. The van der Waals surface area contributed by atoms with Crippen LogP contribution in [0.25, 0.3) is 0 Å². The summed E-state index contributed by atoms with van der Waals surface area (Å²) in [6.45, 7) is 1.60. The number of nitrogens with one attached hydrogen (secondary N) is 1. The van der Waals surface area contributed by atoms with Gasteiger partial charge < -0.3 is 10.6 Å². The molecular formula is C13H25N3O3S. The SMILES string of the molecule is CS(=O)(=O)NCCC1CCCCN1C(=O)C1(CN)CC1. The number of rotatable bonds is 6. The van der Waals surface area contributed by atoms with Crippen LogP contribution in [-0.2, 0) is 14.8 Å². The van der Waals surface area contributed by atoms with Gasteiger partial charge in [-0.15, -0.1) is 0 Å². The fourth-order valence-electron chi connectivity index (χ4n) is 2.94. The normalized spacial score (nSPS) is 25.5. The van der Waals surface area contributed by atoms with Crippen LogP contribution in [0.1, 0.15) is 38.5 Å². The monoisotopic (exact) mass is 303 g/mol. The number of likely N-dealkylation sites (tertiary alicyclic amines) is 1. The van der Waals surface area contributed by atoms with Crippen LogP contribution in [-0.4, -0.2) is 51.2 Å². The van der Waals surface area contributed by atoms with Crippen molar-refractivity contribution in [3.8, 4) is 0 Å². The predicted molar refractivity (Wildman–Crippen MR) is 77.5 cm³/mol. The molecule has 1 heterocycles. The van der Waals surface area contributed by atoms with E-state index in [1.54, 1.807) is 0 Å². The Labute approximate surface area is 121 Å². The molecule has 2 fully saturated rings. The van der Waals surface area contributed by atoms with Crippen molar-refractivity contribution in [3.63, 3.8) is 0 Å². The van der Waals surface area contributed by atoms with Gasteiger partial charge in [-0.25, -0.2) is 13.1 Å². The van der Waals surface area contributed by atoms with Gasteiger partial charge in [-0.05, 0) is 38.5 Å². The molecule has 0 aromatic carbocycles. The molecule has 2 aliphatic rings. The van der Waals surface area contributed by atoms with Gasteiger partial charge in [0.2, 0.25) is 15.9 Å². The van der Waals surface area contributed by atoms with Crippen LogP contribution in [0.15, 0.2) is 0 Å². The molecule has 116 valence electrons. The molecule has 6 nitrogen and oxygen atoms in total. The lowest BCUT2D eigenvalue weighted by Gasteiger charge is -2.38.